The van der Waals surface area contributed by atoms with Gasteiger partial charge in [0.2, 0.25) is 0 Å². The van der Waals surface area contributed by atoms with Crippen LogP contribution in [0.25, 0.3) is 0 Å². The molecule has 0 aliphatic heterocycles. The van der Waals surface area contributed by atoms with Gasteiger partial charge in [-0.05, 0) is 58.7 Å². The molecule has 0 radical (unpaired) electrons. The van der Waals surface area contributed by atoms with Crippen molar-refractivity contribution in [2.45, 2.75) is 6.92 Å². The summed E-state index contributed by atoms with van der Waals surface area (Å²) in [6.07, 6.45) is 0.769. The van der Waals surface area contributed by atoms with Crippen LogP contribution >= 0.6 is 27.3 Å². The fraction of sp³-hybridized carbons (Fsp3) is 0.0769. The molecule has 0 saturated carbocycles. The van der Waals surface area contributed by atoms with Crippen LogP contribution in [0, 0.1) is 6.92 Å². The van der Waals surface area contributed by atoms with Gasteiger partial charge in [-0.15, -0.1) is 11.3 Å². The van der Waals surface area contributed by atoms with Gasteiger partial charge in [-0.3, -0.25) is 9.59 Å². The first-order valence-electron chi connectivity index (χ1n) is 5.22. The number of hydrogen-bond donors (Lipinski definition) is 1. The number of anilines is 1. The molecule has 0 fully saturated rings. The molecule has 1 N–H and O–H groups in total. The molecular weight excluding hydrogens is 314 g/mol. The molecule has 3 nitrogen and oxygen atoms in total. The summed E-state index contributed by atoms with van der Waals surface area (Å²) in [5.41, 5.74) is 2.30. The van der Waals surface area contributed by atoms with Gasteiger partial charge in [-0.2, -0.15) is 0 Å². The fourth-order valence-corrected chi connectivity index (χ4v) is 2.84. The maximum Gasteiger partial charge on any atom is 0.265 e. The molecule has 1 aromatic heterocycles. The average molecular weight is 324 g/mol. The molecule has 2 rings (SSSR count). The Balaban J connectivity index is 2.13. The van der Waals surface area contributed by atoms with Gasteiger partial charge in [0, 0.05) is 11.3 Å². The van der Waals surface area contributed by atoms with E-state index in [2.05, 4.69) is 21.2 Å². The summed E-state index contributed by atoms with van der Waals surface area (Å²) in [7, 11) is 0. The van der Waals surface area contributed by atoms with E-state index in [1.807, 2.05) is 13.0 Å². The molecule has 0 aliphatic rings. The Kier molecular flexibility index (Phi) is 3.93. The van der Waals surface area contributed by atoms with Gasteiger partial charge in [0.25, 0.3) is 5.91 Å². The minimum absolute atomic E-state index is 0.146. The zero-order valence-corrected chi connectivity index (χ0v) is 12.0. The quantitative estimate of drug-likeness (QED) is 0.871. The second-order valence-corrected chi connectivity index (χ2v) is 6.13. The van der Waals surface area contributed by atoms with E-state index in [0.29, 0.717) is 16.1 Å². The highest BCUT2D eigenvalue weighted by atomic mass is 79.9. The van der Waals surface area contributed by atoms with Crippen LogP contribution in [0.1, 0.15) is 25.6 Å². The van der Waals surface area contributed by atoms with Crippen LogP contribution in [0.4, 0.5) is 5.69 Å². The molecule has 2 aromatic rings. The number of halogens is 1. The molecule has 1 aromatic carbocycles. The molecule has 18 heavy (non-hydrogen) atoms. The first kappa shape index (κ1) is 13.0. The Labute approximate surface area is 117 Å². The van der Waals surface area contributed by atoms with E-state index >= 15 is 0 Å². The highest BCUT2D eigenvalue weighted by molar-refractivity contribution is 9.11. The van der Waals surface area contributed by atoms with Crippen molar-refractivity contribution in [1.82, 2.24) is 0 Å². The zero-order valence-electron chi connectivity index (χ0n) is 9.57. The van der Waals surface area contributed by atoms with E-state index in [1.54, 1.807) is 24.3 Å². The Morgan fingerprint density at radius 2 is 2.00 bits per heavy atom. The van der Waals surface area contributed by atoms with Gasteiger partial charge in [-0.1, -0.05) is 0 Å². The number of carbonyl (C=O) groups is 2. The minimum Gasteiger partial charge on any atom is -0.321 e. The van der Waals surface area contributed by atoms with Crippen LogP contribution in [0.2, 0.25) is 0 Å². The number of benzene rings is 1. The number of rotatable bonds is 3. The molecule has 92 valence electrons. The van der Waals surface area contributed by atoms with Crippen molar-refractivity contribution in [3.8, 4) is 0 Å². The third-order valence-corrected chi connectivity index (χ3v) is 4.52. The molecule has 0 spiro atoms. The first-order valence-corrected chi connectivity index (χ1v) is 6.83. The molecule has 5 heteroatoms. The molecule has 0 saturated heterocycles. The fourth-order valence-electron chi connectivity index (χ4n) is 1.41. The second kappa shape index (κ2) is 5.46. The lowest BCUT2D eigenvalue weighted by molar-refractivity contribution is 0.103. The standard InChI is InChI=1S/C13H10BrNO2S/c1-8-6-11(18-12(8)14)13(17)15-10-4-2-9(7-16)3-5-10/h2-7H,1H3,(H,15,17). The number of amides is 1. The normalized spacial score (nSPS) is 10.1. The van der Waals surface area contributed by atoms with Crippen molar-refractivity contribution < 1.29 is 9.59 Å². The summed E-state index contributed by atoms with van der Waals surface area (Å²) < 4.78 is 0.962. The molecular formula is C13H10BrNO2S. The van der Waals surface area contributed by atoms with Crippen molar-refractivity contribution in [3.63, 3.8) is 0 Å². The largest absolute Gasteiger partial charge is 0.321 e. The van der Waals surface area contributed by atoms with E-state index in [1.165, 1.54) is 11.3 Å². The Bertz CT molecular complexity index is 570. The number of nitrogens with one attached hydrogen (secondary N) is 1. The number of carbonyl (C=O) groups excluding carboxylic acids is 2. The summed E-state index contributed by atoms with van der Waals surface area (Å²) in [6.45, 7) is 1.94. The predicted molar refractivity (Wildman–Crippen MR) is 76.5 cm³/mol. The van der Waals surface area contributed by atoms with E-state index in [9.17, 15) is 9.59 Å². The van der Waals surface area contributed by atoms with Crippen LogP contribution < -0.4 is 5.32 Å². The lowest BCUT2D eigenvalue weighted by atomic mass is 10.2. The number of aldehydes is 1. The maximum absolute atomic E-state index is 11.9. The average Bonchev–Trinajstić information content (AvgIpc) is 2.71. The van der Waals surface area contributed by atoms with Crippen molar-refractivity contribution in [2.75, 3.05) is 5.32 Å². The van der Waals surface area contributed by atoms with E-state index in [4.69, 9.17) is 0 Å². The Hall–Kier alpha value is -1.46. The van der Waals surface area contributed by atoms with Gasteiger partial charge in [0.1, 0.15) is 6.29 Å². The summed E-state index contributed by atoms with van der Waals surface area (Å²) in [5, 5.41) is 2.78. The molecule has 0 atom stereocenters. The van der Waals surface area contributed by atoms with Gasteiger partial charge >= 0.3 is 0 Å². The van der Waals surface area contributed by atoms with Gasteiger partial charge in [-0.25, -0.2) is 0 Å². The topological polar surface area (TPSA) is 46.2 Å². The van der Waals surface area contributed by atoms with Crippen LogP contribution in [0.5, 0.6) is 0 Å². The minimum atomic E-state index is -0.146. The third kappa shape index (κ3) is 2.86. The van der Waals surface area contributed by atoms with Gasteiger partial charge < -0.3 is 5.32 Å². The predicted octanol–water partition coefficient (Wildman–Crippen LogP) is 3.88. The first-order chi connectivity index (χ1) is 8.60. The van der Waals surface area contributed by atoms with E-state index in [-0.39, 0.29) is 5.91 Å². The maximum atomic E-state index is 11.9. The molecule has 1 heterocycles. The lowest BCUT2D eigenvalue weighted by Gasteiger charge is -2.03. The Morgan fingerprint density at radius 3 is 2.50 bits per heavy atom. The van der Waals surface area contributed by atoms with E-state index in [0.717, 1.165) is 15.6 Å². The van der Waals surface area contributed by atoms with Crippen LogP contribution in [0.3, 0.4) is 0 Å². The third-order valence-electron chi connectivity index (χ3n) is 2.39. The van der Waals surface area contributed by atoms with Crippen LogP contribution in [0.15, 0.2) is 34.1 Å². The SMILES string of the molecule is Cc1cc(C(=O)Nc2ccc(C=O)cc2)sc1Br. The van der Waals surface area contributed by atoms with Crippen LogP contribution in [-0.4, -0.2) is 12.2 Å². The molecule has 0 aliphatic carbocycles. The highest BCUT2D eigenvalue weighted by Gasteiger charge is 2.11. The summed E-state index contributed by atoms with van der Waals surface area (Å²) in [4.78, 5) is 23.1. The molecule has 0 bridgehead atoms. The van der Waals surface area contributed by atoms with Crippen molar-refractivity contribution in [3.05, 3.63) is 50.1 Å². The number of thiophene rings is 1. The smallest absolute Gasteiger partial charge is 0.265 e. The highest BCUT2D eigenvalue weighted by Crippen LogP contribution is 2.27. The summed E-state index contributed by atoms with van der Waals surface area (Å²) in [6, 6.07) is 8.58. The lowest BCUT2D eigenvalue weighted by Crippen LogP contribution is -2.09. The summed E-state index contributed by atoms with van der Waals surface area (Å²) in [5.74, 6) is -0.146. The number of hydrogen-bond acceptors (Lipinski definition) is 3. The van der Waals surface area contributed by atoms with Crippen molar-refractivity contribution in [1.29, 1.82) is 0 Å². The molecule has 0 unspecified atom stereocenters. The number of aryl methyl sites for hydroxylation is 1. The zero-order chi connectivity index (χ0) is 13.1. The van der Waals surface area contributed by atoms with E-state index < -0.39 is 0 Å². The Morgan fingerprint density at radius 1 is 1.33 bits per heavy atom. The van der Waals surface area contributed by atoms with Crippen LogP contribution in [-0.2, 0) is 0 Å². The second-order valence-electron chi connectivity index (χ2n) is 3.76. The molecule has 1 amide bonds. The van der Waals surface area contributed by atoms with Crippen molar-refractivity contribution >= 4 is 45.1 Å². The monoisotopic (exact) mass is 323 g/mol. The van der Waals surface area contributed by atoms with Gasteiger partial charge in [0.15, 0.2) is 0 Å². The van der Waals surface area contributed by atoms with Gasteiger partial charge in [0.05, 0.1) is 8.66 Å². The van der Waals surface area contributed by atoms with Crippen molar-refractivity contribution in [2.24, 2.45) is 0 Å². The summed E-state index contributed by atoms with van der Waals surface area (Å²) >= 11 is 4.79.